The minimum atomic E-state index is -0.193. The fourth-order valence-corrected chi connectivity index (χ4v) is 2.89. The van der Waals surface area contributed by atoms with Crippen molar-refractivity contribution >= 4 is 15.9 Å². The number of hydrogen-bond donors (Lipinski definition) is 0. The van der Waals surface area contributed by atoms with Gasteiger partial charge in [0.05, 0.1) is 6.10 Å². The lowest BCUT2D eigenvalue weighted by atomic mass is 10.1. The molecule has 0 saturated carbocycles. The Kier molecular flexibility index (Phi) is 5.15. The van der Waals surface area contributed by atoms with Crippen LogP contribution < -0.4 is 0 Å². The molecule has 0 radical (unpaired) electrons. The first kappa shape index (κ1) is 14.0. The molecule has 0 spiro atoms. The number of halogens is 2. The van der Waals surface area contributed by atoms with E-state index < -0.39 is 0 Å². The van der Waals surface area contributed by atoms with Gasteiger partial charge in [0.25, 0.3) is 0 Å². The van der Waals surface area contributed by atoms with Gasteiger partial charge in [-0.05, 0) is 50.1 Å². The molecule has 0 aromatic heterocycles. The van der Waals surface area contributed by atoms with Crippen molar-refractivity contribution in [2.75, 3.05) is 20.2 Å². The molecule has 0 amide bonds. The van der Waals surface area contributed by atoms with Gasteiger partial charge >= 0.3 is 0 Å². The maximum Gasteiger partial charge on any atom is 0.124 e. The molecule has 0 N–H and O–H groups in total. The minimum Gasteiger partial charge on any atom is -0.377 e. The van der Waals surface area contributed by atoms with Gasteiger partial charge in [-0.3, -0.25) is 4.90 Å². The van der Waals surface area contributed by atoms with Crippen LogP contribution in [0.5, 0.6) is 0 Å². The van der Waals surface area contributed by atoms with Crippen LogP contribution in [0.4, 0.5) is 4.39 Å². The lowest BCUT2D eigenvalue weighted by molar-refractivity contribution is -0.00260. The molecule has 1 aromatic rings. The smallest absolute Gasteiger partial charge is 0.124 e. The van der Waals surface area contributed by atoms with Crippen molar-refractivity contribution < 1.29 is 9.13 Å². The Morgan fingerprint density at radius 3 is 2.89 bits per heavy atom. The fraction of sp³-hybridized carbons (Fsp3) is 0.571. The lowest BCUT2D eigenvalue weighted by Gasteiger charge is -2.27. The maximum absolute atomic E-state index is 13.3. The van der Waals surface area contributed by atoms with Gasteiger partial charge in [0.1, 0.15) is 5.82 Å². The standard InChI is InChI=1S/C14H19BrFNO/c1-17(10-14-4-2-3-5-18-14)9-11-6-12(15)8-13(16)7-11/h6-8,14H,2-5,9-10H2,1H3. The van der Waals surface area contributed by atoms with Crippen LogP contribution in [0.2, 0.25) is 0 Å². The zero-order chi connectivity index (χ0) is 13.0. The third-order valence-electron chi connectivity index (χ3n) is 3.16. The molecule has 1 fully saturated rings. The molecular weight excluding hydrogens is 297 g/mol. The van der Waals surface area contributed by atoms with Gasteiger partial charge in [0.2, 0.25) is 0 Å². The summed E-state index contributed by atoms with van der Waals surface area (Å²) in [7, 11) is 2.05. The Morgan fingerprint density at radius 2 is 2.22 bits per heavy atom. The molecule has 1 aliphatic rings. The molecule has 1 aliphatic heterocycles. The van der Waals surface area contributed by atoms with Crippen molar-refractivity contribution in [2.45, 2.75) is 31.9 Å². The van der Waals surface area contributed by atoms with E-state index in [1.165, 1.54) is 18.9 Å². The van der Waals surface area contributed by atoms with Crippen LogP contribution in [-0.4, -0.2) is 31.2 Å². The Morgan fingerprint density at radius 1 is 1.39 bits per heavy atom. The molecule has 1 saturated heterocycles. The number of ether oxygens (including phenoxy) is 1. The summed E-state index contributed by atoms with van der Waals surface area (Å²) in [6.07, 6.45) is 3.90. The molecule has 0 aliphatic carbocycles. The molecule has 0 bridgehead atoms. The number of rotatable bonds is 4. The second-order valence-electron chi connectivity index (χ2n) is 4.96. The monoisotopic (exact) mass is 315 g/mol. The summed E-state index contributed by atoms with van der Waals surface area (Å²) in [4.78, 5) is 2.19. The van der Waals surface area contributed by atoms with E-state index in [-0.39, 0.29) is 5.82 Å². The molecular formula is C14H19BrFNO. The summed E-state index contributed by atoms with van der Waals surface area (Å²) in [5.41, 5.74) is 0.986. The summed E-state index contributed by atoms with van der Waals surface area (Å²) in [6, 6.07) is 5.03. The van der Waals surface area contributed by atoms with Gasteiger partial charge in [-0.15, -0.1) is 0 Å². The van der Waals surface area contributed by atoms with E-state index in [2.05, 4.69) is 27.9 Å². The molecule has 1 aromatic carbocycles. The Balaban J connectivity index is 1.87. The van der Waals surface area contributed by atoms with Crippen LogP contribution in [0.1, 0.15) is 24.8 Å². The van der Waals surface area contributed by atoms with E-state index >= 15 is 0 Å². The minimum absolute atomic E-state index is 0.193. The molecule has 1 unspecified atom stereocenters. The van der Waals surface area contributed by atoms with Crippen molar-refractivity contribution in [3.63, 3.8) is 0 Å². The number of benzene rings is 1. The van der Waals surface area contributed by atoms with Gasteiger partial charge in [-0.2, -0.15) is 0 Å². The average Bonchev–Trinajstić information content (AvgIpc) is 2.28. The topological polar surface area (TPSA) is 12.5 Å². The summed E-state index contributed by atoms with van der Waals surface area (Å²) in [6.45, 7) is 2.54. The quantitative estimate of drug-likeness (QED) is 0.842. The van der Waals surface area contributed by atoms with Gasteiger partial charge in [0, 0.05) is 24.2 Å². The van der Waals surface area contributed by atoms with Gasteiger partial charge in [0.15, 0.2) is 0 Å². The highest BCUT2D eigenvalue weighted by molar-refractivity contribution is 9.10. The molecule has 1 heterocycles. The molecule has 2 nitrogen and oxygen atoms in total. The van der Waals surface area contributed by atoms with E-state index in [1.54, 1.807) is 6.07 Å². The number of nitrogens with zero attached hydrogens (tertiary/aromatic N) is 1. The highest BCUT2D eigenvalue weighted by Gasteiger charge is 2.16. The first-order valence-electron chi connectivity index (χ1n) is 6.38. The fourth-order valence-electron chi connectivity index (χ4n) is 2.38. The summed E-state index contributed by atoms with van der Waals surface area (Å²) in [5.74, 6) is -0.193. The predicted molar refractivity (Wildman–Crippen MR) is 74.0 cm³/mol. The van der Waals surface area contributed by atoms with Crippen LogP contribution in [0.25, 0.3) is 0 Å². The van der Waals surface area contributed by atoms with E-state index in [9.17, 15) is 4.39 Å². The van der Waals surface area contributed by atoms with Crippen LogP contribution in [0.15, 0.2) is 22.7 Å². The van der Waals surface area contributed by atoms with E-state index in [4.69, 9.17) is 4.74 Å². The molecule has 18 heavy (non-hydrogen) atoms. The SMILES string of the molecule is CN(Cc1cc(F)cc(Br)c1)CC1CCCCO1. The Hall–Kier alpha value is -0.450. The van der Waals surface area contributed by atoms with Crippen LogP contribution in [-0.2, 0) is 11.3 Å². The first-order valence-corrected chi connectivity index (χ1v) is 7.18. The van der Waals surface area contributed by atoms with Crippen molar-refractivity contribution in [1.82, 2.24) is 4.90 Å². The predicted octanol–water partition coefficient (Wildman–Crippen LogP) is 3.59. The van der Waals surface area contributed by atoms with Crippen LogP contribution >= 0.6 is 15.9 Å². The Labute approximate surface area is 116 Å². The van der Waals surface area contributed by atoms with Crippen molar-refractivity contribution in [2.24, 2.45) is 0 Å². The third-order valence-corrected chi connectivity index (χ3v) is 3.62. The van der Waals surface area contributed by atoms with E-state index in [0.29, 0.717) is 6.10 Å². The largest absolute Gasteiger partial charge is 0.377 e. The molecule has 4 heteroatoms. The second-order valence-corrected chi connectivity index (χ2v) is 5.88. The van der Waals surface area contributed by atoms with Crippen LogP contribution in [0.3, 0.4) is 0 Å². The second kappa shape index (κ2) is 6.64. The third kappa shape index (κ3) is 4.34. The van der Waals surface area contributed by atoms with E-state index in [0.717, 1.165) is 36.2 Å². The average molecular weight is 316 g/mol. The molecule has 100 valence electrons. The highest BCUT2D eigenvalue weighted by Crippen LogP contribution is 2.18. The summed E-state index contributed by atoms with van der Waals surface area (Å²) < 4.78 is 19.8. The van der Waals surface area contributed by atoms with Crippen LogP contribution in [0, 0.1) is 5.82 Å². The zero-order valence-corrected chi connectivity index (χ0v) is 12.2. The first-order chi connectivity index (χ1) is 8.63. The normalized spacial score (nSPS) is 20.3. The Bertz CT molecular complexity index is 373. The van der Waals surface area contributed by atoms with Crippen molar-refractivity contribution in [3.8, 4) is 0 Å². The van der Waals surface area contributed by atoms with Gasteiger partial charge < -0.3 is 4.74 Å². The zero-order valence-electron chi connectivity index (χ0n) is 10.7. The lowest BCUT2D eigenvalue weighted by Crippen LogP contribution is -2.33. The number of hydrogen-bond acceptors (Lipinski definition) is 2. The summed E-state index contributed by atoms with van der Waals surface area (Å²) >= 11 is 3.32. The molecule has 2 rings (SSSR count). The number of likely N-dealkylation sites (N-methyl/N-ethyl adjacent to an activating group) is 1. The van der Waals surface area contributed by atoms with Gasteiger partial charge in [-0.1, -0.05) is 15.9 Å². The molecule has 1 atom stereocenters. The van der Waals surface area contributed by atoms with Gasteiger partial charge in [-0.25, -0.2) is 4.39 Å². The van der Waals surface area contributed by atoms with E-state index in [1.807, 2.05) is 6.07 Å². The van der Waals surface area contributed by atoms with Crippen molar-refractivity contribution in [1.29, 1.82) is 0 Å². The summed E-state index contributed by atoms with van der Waals surface area (Å²) in [5, 5.41) is 0. The van der Waals surface area contributed by atoms with Crippen molar-refractivity contribution in [3.05, 3.63) is 34.1 Å². The maximum atomic E-state index is 13.3. The highest BCUT2D eigenvalue weighted by atomic mass is 79.9.